The van der Waals surface area contributed by atoms with Crippen LogP contribution >= 0.6 is 0 Å². The van der Waals surface area contributed by atoms with Gasteiger partial charge in [-0.3, -0.25) is 0 Å². The first-order valence-electron chi connectivity index (χ1n) is 10.4. The number of allylic oxidation sites excluding steroid dienone is 1. The van der Waals surface area contributed by atoms with Gasteiger partial charge in [-0.1, -0.05) is 12.1 Å². The van der Waals surface area contributed by atoms with Gasteiger partial charge in [0.1, 0.15) is 29.0 Å². The summed E-state index contributed by atoms with van der Waals surface area (Å²) in [6.07, 6.45) is 0. The summed E-state index contributed by atoms with van der Waals surface area (Å²) < 4.78 is 35.3. The van der Waals surface area contributed by atoms with E-state index in [1.54, 1.807) is 24.3 Å². The third-order valence-electron chi connectivity index (χ3n) is 5.30. The van der Waals surface area contributed by atoms with Crippen molar-refractivity contribution < 1.29 is 28.1 Å². The number of carbonyl (C=O) groups excluding carboxylic acids is 1. The lowest BCUT2D eigenvalue weighted by Crippen LogP contribution is -2.21. The molecule has 0 amide bonds. The first kappa shape index (κ1) is 22.7. The fourth-order valence-corrected chi connectivity index (χ4v) is 3.73. The number of hydrogen-bond donors (Lipinski definition) is 1. The summed E-state index contributed by atoms with van der Waals surface area (Å²) in [6.45, 7) is 2.35. The maximum Gasteiger partial charge on any atom is 0.343 e. The van der Waals surface area contributed by atoms with E-state index in [9.17, 15) is 14.4 Å². The van der Waals surface area contributed by atoms with Crippen molar-refractivity contribution in [3.63, 3.8) is 0 Å². The van der Waals surface area contributed by atoms with E-state index in [-0.39, 0.29) is 22.8 Å². The number of hydrogen-bond acceptors (Lipinski definition) is 7. The molecule has 8 heteroatoms. The molecule has 3 aromatic rings. The topological polar surface area (TPSA) is 104 Å². The van der Waals surface area contributed by atoms with E-state index in [2.05, 4.69) is 6.07 Å². The van der Waals surface area contributed by atoms with E-state index in [0.29, 0.717) is 29.4 Å². The number of nitrogens with zero attached hydrogens (tertiary/aromatic N) is 1. The van der Waals surface area contributed by atoms with Crippen LogP contribution in [-0.2, 0) is 0 Å². The second kappa shape index (κ2) is 9.55. The first-order valence-corrected chi connectivity index (χ1v) is 10.4. The Kier molecular flexibility index (Phi) is 6.37. The number of rotatable bonds is 6. The van der Waals surface area contributed by atoms with Crippen molar-refractivity contribution in [2.24, 2.45) is 5.73 Å². The number of nitrogens with two attached hydrogens (primary N) is 1. The Morgan fingerprint density at radius 1 is 1.12 bits per heavy atom. The minimum Gasteiger partial charge on any atom is -0.493 e. The molecule has 1 aliphatic rings. The van der Waals surface area contributed by atoms with Gasteiger partial charge in [0.05, 0.1) is 25.2 Å². The van der Waals surface area contributed by atoms with E-state index in [1.165, 1.54) is 37.4 Å². The lowest BCUT2D eigenvalue weighted by molar-refractivity contribution is 0.0734. The predicted octanol–water partition coefficient (Wildman–Crippen LogP) is 4.67. The van der Waals surface area contributed by atoms with Crippen molar-refractivity contribution in [2.75, 3.05) is 13.7 Å². The fraction of sp³-hybridized carbons (Fsp3) is 0.154. The number of fused-ring (bicyclic) bond motifs is 1. The van der Waals surface area contributed by atoms with E-state index in [1.807, 2.05) is 13.0 Å². The van der Waals surface area contributed by atoms with Crippen LogP contribution in [0.5, 0.6) is 23.0 Å². The standard InChI is InChI=1S/C26H21FN2O5/c1-3-32-21-11-6-16(12-23(21)31-2)24-19-10-9-18(13-22(19)34-25(29)20(24)14-28)33-26(30)15-4-7-17(27)8-5-15/h4-13,24H,3,29H2,1-2H3. The molecule has 0 radical (unpaired) electrons. The van der Waals surface area contributed by atoms with Crippen LogP contribution in [-0.4, -0.2) is 19.7 Å². The number of halogens is 1. The van der Waals surface area contributed by atoms with Crippen LogP contribution in [0.15, 0.2) is 72.1 Å². The predicted molar refractivity (Wildman–Crippen MR) is 121 cm³/mol. The molecule has 34 heavy (non-hydrogen) atoms. The maximum atomic E-state index is 13.1. The van der Waals surface area contributed by atoms with Crippen LogP contribution in [0.1, 0.15) is 34.3 Å². The molecule has 0 bridgehead atoms. The minimum absolute atomic E-state index is 0.0464. The molecule has 0 fully saturated rings. The summed E-state index contributed by atoms with van der Waals surface area (Å²) in [5.41, 5.74) is 7.93. The minimum atomic E-state index is -0.648. The Labute approximate surface area is 195 Å². The van der Waals surface area contributed by atoms with Gasteiger partial charge in [-0.2, -0.15) is 5.26 Å². The van der Waals surface area contributed by atoms with E-state index in [4.69, 9.17) is 24.7 Å². The van der Waals surface area contributed by atoms with Crippen molar-refractivity contribution in [1.82, 2.24) is 0 Å². The van der Waals surface area contributed by atoms with Gasteiger partial charge in [-0.05, 0) is 55.0 Å². The molecule has 172 valence electrons. The van der Waals surface area contributed by atoms with Gasteiger partial charge < -0.3 is 24.7 Å². The molecule has 0 spiro atoms. The molecule has 1 unspecified atom stereocenters. The summed E-state index contributed by atoms with van der Waals surface area (Å²) in [5, 5.41) is 9.78. The molecule has 0 saturated carbocycles. The molecule has 1 aliphatic heterocycles. The number of nitriles is 1. The van der Waals surface area contributed by atoms with Crippen molar-refractivity contribution in [3.8, 4) is 29.1 Å². The highest BCUT2D eigenvalue weighted by Crippen LogP contribution is 2.45. The highest BCUT2D eigenvalue weighted by Gasteiger charge is 2.31. The quantitative estimate of drug-likeness (QED) is 0.421. The van der Waals surface area contributed by atoms with E-state index in [0.717, 1.165) is 5.56 Å². The number of ether oxygens (including phenoxy) is 4. The van der Waals surface area contributed by atoms with Gasteiger partial charge in [-0.15, -0.1) is 0 Å². The number of carbonyl (C=O) groups is 1. The Bertz CT molecular complexity index is 1310. The van der Waals surface area contributed by atoms with Crippen LogP contribution in [0.3, 0.4) is 0 Å². The molecule has 7 nitrogen and oxygen atoms in total. The summed E-state index contributed by atoms with van der Waals surface area (Å²) in [7, 11) is 1.54. The summed E-state index contributed by atoms with van der Waals surface area (Å²) >= 11 is 0. The van der Waals surface area contributed by atoms with Crippen molar-refractivity contribution in [1.29, 1.82) is 5.26 Å². The third-order valence-corrected chi connectivity index (χ3v) is 5.30. The molecule has 2 N–H and O–H groups in total. The normalized spacial score (nSPS) is 14.5. The molecular weight excluding hydrogens is 439 g/mol. The van der Waals surface area contributed by atoms with Crippen LogP contribution in [0.4, 0.5) is 4.39 Å². The largest absolute Gasteiger partial charge is 0.493 e. The molecule has 3 aromatic carbocycles. The van der Waals surface area contributed by atoms with E-state index >= 15 is 0 Å². The highest BCUT2D eigenvalue weighted by molar-refractivity contribution is 5.91. The van der Waals surface area contributed by atoms with Crippen LogP contribution in [0, 0.1) is 17.1 Å². The molecule has 1 heterocycles. The number of methoxy groups -OCH3 is 1. The molecule has 1 atom stereocenters. The van der Waals surface area contributed by atoms with Crippen LogP contribution in [0.25, 0.3) is 0 Å². The molecule has 0 aromatic heterocycles. The molecular formula is C26H21FN2O5. The number of esters is 1. The van der Waals surface area contributed by atoms with Gasteiger partial charge >= 0.3 is 5.97 Å². The monoisotopic (exact) mass is 460 g/mol. The van der Waals surface area contributed by atoms with Crippen LogP contribution in [0.2, 0.25) is 0 Å². The second-order valence-electron chi connectivity index (χ2n) is 7.36. The lowest BCUT2D eigenvalue weighted by Gasteiger charge is -2.27. The van der Waals surface area contributed by atoms with Gasteiger partial charge in [0.15, 0.2) is 11.5 Å². The zero-order valence-corrected chi connectivity index (χ0v) is 18.5. The molecule has 0 aliphatic carbocycles. The summed E-state index contributed by atoms with van der Waals surface area (Å²) in [5.74, 6) is -0.0122. The fourth-order valence-electron chi connectivity index (χ4n) is 3.73. The number of benzene rings is 3. The Morgan fingerprint density at radius 2 is 1.88 bits per heavy atom. The first-order chi connectivity index (χ1) is 16.4. The van der Waals surface area contributed by atoms with E-state index < -0.39 is 17.7 Å². The molecule has 0 saturated heterocycles. The van der Waals surface area contributed by atoms with Gasteiger partial charge in [0.2, 0.25) is 5.88 Å². The van der Waals surface area contributed by atoms with Crippen molar-refractivity contribution >= 4 is 5.97 Å². The van der Waals surface area contributed by atoms with Crippen molar-refractivity contribution in [2.45, 2.75) is 12.8 Å². The van der Waals surface area contributed by atoms with Crippen molar-refractivity contribution in [3.05, 3.63) is 94.6 Å². The zero-order chi connectivity index (χ0) is 24.2. The zero-order valence-electron chi connectivity index (χ0n) is 18.5. The average molecular weight is 460 g/mol. The average Bonchev–Trinajstić information content (AvgIpc) is 2.84. The Morgan fingerprint density at radius 3 is 2.56 bits per heavy atom. The Hall–Kier alpha value is -4.51. The Balaban J connectivity index is 1.70. The lowest BCUT2D eigenvalue weighted by atomic mass is 9.83. The second-order valence-corrected chi connectivity index (χ2v) is 7.36. The van der Waals surface area contributed by atoms with Gasteiger partial charge in [0.25, 0.3) is 0 Å². The smallest absolute Gasteiger partial charge is 0.343 e. The summed E-state index contributed by atoms with van der Waals surface area (Å²) in [6, 6.07) is 17.4. The van der Waals surface area contributed by atoms with Gasteiger partial charge in [0, 0.05) is 11.6 Å². The van der Waals surface area contributed by atoms with Gasteiger partial charge in [-0.25, -0.2) is 9.18 Å². The molecule has 4 rings (SSSR count). The summed E-state index contributed by atoms with van der Waals surface area (Å²) in [4.78, 5) is 12.4. The van der Waals surface area contributed by atoms with Crippen LogP contribution < -0.4 is 24.7 Å². The highest BCUT2D eigenvalue weighted by atomic mass is 19.1. The third kappa shape index (κ3) is 4.36. The maximum absolute atomic E-state index is 13.1. The SMILES string of the molecule is CCOc1ccc(C2C(C#N)=C(N)Oc3cc(OC(=O)c4ccc(F)cc4)ccc32)cc1OC.